The summed E-state index contributed by atoms with van der Waals surface area (Å²) < 4.78 is 11.5. The van der Waals surface area contributed by atoms with Gasteiger partial charge in [0.05, 0.1) is 6.54 Å². The third kappa shape index (κ3) is 6.63. The molecule has 0 heterocycles. The topological polar surface area (TPSA) is 47.6 Å². The van der Waals surface area contributed by atoms with E-state index in [9.17, 15) is 4.79 Å². The van der Waals surface area contributed by atoms with Crippen molar-refractivity contribution in [2.45, 2.75) is 52.6 Å². The first-order valence-electron chi connectivity index (χ1n) is 9.54. The maximum atomic E-state index is 12.4. The van der Waals surface area contributed by atoms with Crippen molar-refractivity contribution in [1.82, 2.24) is 5.32 Å². The Morgan fingerprint density at radius 3 is 2.15 bits per heavy atom. The molecule has 146 valence electrons. The first-order chi connectivity index (χ1) is 12.8. The highest BCUT2D eigenvalue weighted by atomic mass is 16.5. The van der Waals surface area contributed by atoms with Crippen molar-refractivity contribution in [3.8, 4) is 11.5 Å². The van der Waals surface area contributed by atoms with Gasteiger partial charge < -0.3 is 14.8 Å². The molecule has 0 aliphatic rings. The molecule has 0 fully saturated rings. The Bertz CT molecular complexity index is 715. The molecule has 0 saturated carbocycles. The molecule has 1 amide bonds. The van der Waals surface area contributed by atoms with Gasteiger partial charge in [0.1, 0.15) is 18.1 Å². The van der Waals surface area contributed by atoms with Crippen molar-refractivity contribution in [3.63, 3.8) is 0 Å². The summed E-state index contributed by atoms with van der Waals surface area (Å²) in [6.07, 6.45) is 0.0935. The van der Waals surface area contributed by atoms with Gasteiger partial charge in [-0.3, -0.25) is 4.79 Å². The Kier molecular flexibility index (Phi) is 7.28. The molecule has 0 spiro atoms. The number of nitrogens with one attached hydrogen (secondary N) is 1. The highest BCUT2D eigenvalue weighted by Gasteiger charge is 2.19. The van der Waals surface area contributed by atoms with Gasteiger partial charge in [-0.05, 0) is 48.6 Å². The molecule has 0 radical (unpaired) electrons. The molecule has 2 aromatic rings. The van der Waals surface area contributed by atoms with Gasteiger partial charge in [0, 0.05) is 0 Å². The summed E-state index contributed by atoms with van der Waals surface area (Å²) in [5, 5.41) is 2.88. The summed E-state index contributed by atoms with van der Waals surface area (Å²) in [4.78, 5) is 12.4. The lowest BCUT2D eigenvalue weighted by molar-refractivity contribution is -0.128. The zero-order chi connectivity index (χ0) is 19.9. The van der Waals surface area contributed by atoms with E-state index in [2.05, 4.69) is 38.2 Å². The molecule has 0 aliphatic carbocycles. The smallest absolute Gasteiger partial charge is 0.261 e. The molecule has 1 N–H and O–H groups in total. The number of aryl methyl sites for hydroxylation is 1. The van der Waals surface area contributed by atoms with Gasteiger partial charge in [0.15, 0.2) is 6.10 Å². The number of hydrogen-bond acceptors (Lipinski definition) is 3. The van der Waals surface area contributed by atoms with Crippen LogP contribution in [-0.2, 0) is 10.2 Å². The van der Waals surface area contributed by atoms with Crippen LogP contribution in [0.3, 0.4) is 0 Å². The first kappa shape index (κ1) is 20.8. The van der Waals surface area contributed by atoms with Gasteiger partial charge >= 0.3 is 0 Å². The van der Waals surface area contributed by atoms with Crippen LogP contribution in [-0.4, -0.2) is 25.2 Å². The molecular weight excluding hydrogens is 338 g/mol. The van der Waals surface area contributed by atoms with Crippen LogP contribution >= 0.6 is 0 Å². The van der Waals surface area contributed by atoms with E-state index in [0.717, 1.165) is 5.75 Å². The van der Waals surface area contributed by atoms with E-state index in [0.29, 0.717) is 25.3 Å². The number of rotatable bonds is 8. The van der Waals surface area contributed by atoms with Gasteiger partial charge in [-0.25, -0.2) is 0 Å². The van der Waals surface area contributed by atoms with Crippen molar-refractivity contribution >= 4 is 5.91 Å². The lowest BCUT2D eigenvalue weighted by Gasteiger charge is -2.21. The van der Waals surface area contributed by atoms with Crippen molar-refractivity contribution in [3.05, 3.63) is 59.7 Å². The fourth-order valence-electron chi connectivity index (χ4n) is 2.61. The summed E-state index contributed by atoms with van der Waals surface area (Å²) in [6.45, 7) is 11.3. The Balaban J connectivity index is 1.80. The molecule has 27 heavy (non-hydrogen) atoms. The maximum Gasteiger partial charge on any atom is 0.261 e. The zero-order valence-corrected chi connectivity index (χ0v) is 17.0. The van der Waals surface area contributed by atoms with E-state index in [1.807, 2.05) is 50.2 Å². The summed E-state index contributed by atoms with van der Waals surface area (Å²) >= 11 is 0. The third-order valence-electron chi connectivity index (χ3n) is 4.35. The van der Waals surface area contributed by atoms with Gasteiger partial charge in [0.2, 0.25) is 0 Å². The van der Waals surface area contributed by atoms with Crippen LogP contribution < -0.4 is 14.8 Å². The number of carbonyl (C=O) groups is 1. The first-order valence-corrected chi connectivity index (χ1v) is 9.54. The molecule has 1 unspecified atom stereocenters. The van der Waals surface area contributed by atoms with E-state index in [1.165, 1.54) is 11.1 Å². The van der Waals surface area contributed by atoms with E-state index < -0.39 is 6.10 Å². The summed E-state index contributed by atoms with van der Waals surface area (Å²) in [5.41, 5.74) is 2.52. The highest BCUT2D eigenvalue weighted by Crippen LogP contribution is 2.24. The van der Waals surface area contributed by atoms with E-state index in [-0.39, 0.29) is 11.3 Å². The molecule has 0 aliphatic heterocycles. The average Bonchev–Trinajstić information content (AvgIpc) is 2.64. The number of carbonyl (C=O) groups excluding carboxylic acids is 1. The maximum absolute atomic E-state index is 12.4. The second-order valence-electron chi connectivity index (χ2n) is 7.74. The Labute approximate surface area is 162 Å². The molecule has 0 aromatic heterocycles. The molecule has 4 nitrogen and oxygen atoms in total. The predicted molar refractivity (Wildman–Crippen MR) is 110 cm³/mol. The van der Waals surface area contributed by atoms with Crippen LogP contribution in [0.15, 0.2) is 48.5 Å². The minimum atomic E-state index is -0.509. The SMILES string of the molecule is CCC(Oc1ccc(C(C)(C)C)cc1)C(=O)NCCOc1ccc(C)cc1. The molecule has 0 bridgehead atoms. The average molecular weight is 370 g/mol. The number of benzene rings is 2. The van der Waals surface area contributed by atoms with Crippen molar-refractivity contribution in [2.75, 3.05) is 13.2 Å². The quantitative estimate of drug-likeness (QED) is 0.689. The highest BCUT2D eigenvalue weighted by molar-refractivity contribution is 5.81. The number of hydrogen-bond donors (Lipinski definition) is 1. The fraction of sp³-hybridized carbons (Fsp3) is 0.435. The van der Waals surface area contributed by atoms with Gasteiger partial charge in [-0.1, -0.05) is 57.5 Å². The van der Waals surface area contributed by atoms with Crippen LogP contribution in [0.2, 0.25) is 0 Å². The normalized spacial score (nSPS) is 12.3. The largest absolute Gasteiger partial charge is 0.492 e. The lowest BCUT2D eigenvalue weighted by atomic mass is 9.87. The monoisotopic (exact) mass is 369 g/mol. The zero-order valence-electron chi connectivity index (χ0n) is 17.0. The second kappa shape index (κ2) is 9.45. The molecular formula is C23H31NO3. The van der Waals surface area contributed by atoms with Crippen LogP contribution in [0.5, 0.6) is 11.5 Å². The van der Waals surface area contributed by atoms with Gasteiger partial charge in [0.25, 0.3) is 5.91 Å². The summed E-state index contributed by atoms with van der Waals surface area (Å²) in [7, 11) is 0. The fourth-order valence-corrected chi connectivity index (χ4v) is 2.61. The molecule has 4 heteroatoms. The Morgan fingerprint density at radius 1 is 1.00 bits per heavy atom. The Hall–Kier alpha value is -2.49. The second-order valence-corrected chi connectivity index (χ2v) is 7.74. The van der Waals surface area contributed by atoms with Crippen molar-refractivity contribution in [2.24, 2.45) is 0 Å². The molecule has 2 aromatic carbocycles. The summed E-state index contributed by atoms with van der Waals surface area (Å²) in [6, 6.07) is 15.8. The molecule has 1 atom stereocenters. The Morgan fingerprint density at radius 2 is 1.59 bits per heavy atom. The molecule has 2 rings (SSSR count). The molecule has 0 saturated heterocycles. The number of ether oxygens (including phenoxy) is 2. The minimum Gasteiger partial charge on any atom is -0.492 e. The lowest BCUT2D eigenvalue weighted by Crippen LogP contribution is -2.39. The standard InChI is InChI=1S/C23H31NO3/c1-6-21(27-20-13-9-18(10-14-20)23(3,4)5)22(25)24-15-16-26-19-11-7-17(2)8-12-19/h7-14,21H,6,15-16H2,1-5H3,(H,24,25). The van der Waals surface area contributed by atoms with Crippen molar-refractivity contribution < 1.29 is 14.3 Å². The van der Waals surface area contributed by atoms with E-state index in [1.54, 1.807) is 0 Å². The van der Waals surface area contributed by atoms with Crippen LogP contribution in [0.25, 0.3) is 0 Å². The van der Waals surface area contributed by atoms with Crippen LogP contribution in [0.4, 0.5) is 0 Å². The van der Waals surface area contributed by atoms with Gasteiger partial charge in [-0.15, -0.1) is 0 Å². The van der Waals surface area contributed by atoms with E-state index in [4.69, 9.17) is 9.47 Å². The minimum absolute atomic E-state index is 0.0948. The van der Waals surface area contributed by atoms with Gasteiger partial charge in [-0.2, -0.15) is 0 Å². The van der Waals surface area contributed by atoms with Crippen LogP contribution in [0.1, 0.15) is 45.2 Å². The van der Waals surface area contributed by atoms with E-state index >= 15 is 0 Å². The summed E-state index contributed by atoms with van der Waals surface area (Å²) in [5.74, 6) is 1.39. The predicted octanol–water partition coefficient (Wildman–Crippen LogP) is 4.65. The van der Waals surface area contributed by atoms with Crippen molar-refractivity contribution in [1.29, 1.82) is 0 Å². The number of amides is 1. The van der Waals surface area contributed by atoms with Crippen LogP contribution in [0, 0.1) is 6.92 Å². The third-order valence-corrected chi connectivity index (χ3v) is 4.35.